The first-order chi connectivity index (χ1) is 11.3. The molecule has 2 heterocycles. The number of hydrogen-bond acceptors (Lipinski definition) is 3. The second kappa shape index (κ2) is 5.92. The topological polar surface area (TPSA) is 65.8 Å². The highest BCUT2D eigenvalue weighted by molar-refractivity contribution is 6.35. The van der Waals surface area contributed by atoms with Crippen LogP contribution in [0.5, 0.6) is 0 Å². The Kier molecular flexibility index (Phi) is 4.06. The van der Waals surface area contributed by atoms with E-state index in [1.165, 1.54) is 24.4 Å². The number of rotatable bonds is 2. The van der Waals surface area contributed by atoms with E-state index in [-0.39, 0.29) is 16.8 Å². The third kappa shape index (κ3) is 3.00. The zero-order valence-corrected chi connectivity index (χ0v) is 12.8. The van der Waals surface area contributed by atoms with Gasteiger partial charge in [0.1, 0.15) is 6.04 Å². The summed E-state index contributed by atoms with van der Waals surface area (Å²) in [5, 5.41) is 12.2. The van der Waals surface area contributed by atoms with Crippen LogP contribution < -0.4 is 10.5 Å². The summed E-state index contributed by atoms with van der Waals surface area (Å²) in [5.74, 6) is 0. The molecule has 2 aromatic heterocycles. The maximum absolute atomic E-state index is 13.1. The molecule has 0 aliphatic carbocycles. The van der Waals surface area contributed by atoms with Crippen LogP contribution >= 0.6 is 11.6 Å². The van der Waals surface area contributed by atoms with Crippen molar-refractivity contribution in [3.05, 3.63) is 64.6 Å². The molecule has 0 aliphatic rings. The van der Waals surface area contributed by atoms with Gasteiger partial charge in [0.05, 0.1) is 21.8 Å². The SMILES string of the molecule is N[C@H](c1cc2cccc(Cl)c2nc1-c1ccc[n+]([O-])c1)C(F)(F)F. The van der Waals surface area contributed by atoms with Crippen LogP contribution in [0, 0.1) is 5.21 Å². The minimum atomic E-state index is -4.65. The van der Waals surface area contributed by atoms with Gasteiger partial charge in [-0.05, 0) is 18.2 Å². The molecule has 0 bridgehead atoms. The van der Waals surface area contributed by atoms with Crippen LogP contribution in [0.4, 0.5) is 13.2 Å². The third-order valence-corrected chi connectivity index (χ3v) is 3.87. The average molecular weight is 354 g/mol. The molecule has 0 radical (unpaired) electrons. The van der Waals surface area contributed by atoms with Crippen LogP contribution in [0.3, 0.4) is 0 Å². The first kappa shape index (κ1) is 16.5. The van der Waals surface area contributed by atoms with Crippen LogP contribution in [-0.2, 0) is 0 Å². The smallest absolute Gasteiger partial charge is 0.407 e. The summed E-state index contributed by atoms with van der Waals surface area (Å²) in [6, 6.07) is 6.79. The molecule has 0 amide bonds. The molecule has 8 heteroatoms. The summed E-state index contributed by atoms with van der Waals surface area (Å²) in [6.07, 6.45) is -2.29. The van der Waals surface area contributed by atoms with Gasteiger partial charge < -0.3 is 10.9 Å². The highest BCUT2D eigenvalue weighted by atomic mass is 35.5. The number of alkyl halides is 3. The van der Waals surface area contributed by atoms with Crippen molar-refractivity contribution in [2.75, 3.05) is 0 Å². The largest absolute Gasteiger partial charge is 0.619 e. The van der Waals surface area contributed by atoms with Crippen LogP contribution in [-0.4, -0.2) is 11.2 Å². The number of benzene rings is 1. The molecule has 3 rings (SSSR count). The van der Waals surface area contributed by atoms with Crippen molar-refractivity contribution < 1.29 is 17.9 Å². The lowest BCUT2D eigenvalue weighted by Crippen LogP contribution is -2.29. The van der Waals surface area contributed by atoms with E-state index in [2.05, 4.69) is 4.98 Å². The molecule has 1 atom stereocenters. The zero-order valence-electron chi connectivity index (χ0n) is 12.1. The highest BCUT2D eigenvalue weighted by Gasteiger charge is 2.40. The number of nitrogens with two attached hydrogens (primary N) is 1. The Labute approximate surface area is 139 Å². The lowest BCUT2D eigenvalue weighted by atomic mass is 9.98. The first-order valence-electron chi connectivity index (χ1n) is 6.88. The molecule has 4 nitrogen and oxygen atoms in total. The van der Waals surface area contributed by atoms with E-state index in [1.54, 1.807) is 18.2 Å². The van der Waals surface area contributed by atoms with Gasteiger partial charge in [-0.2, -0.15) is 17.9 Å². The Morgan fingerprint density at radius 1 is 1.21 bits per heavy atom. The number of nitrogens with zero attached hydrogens (tertiary/aromatic N) is 2. The van der Waals surface area contributed by atoms with Gasteiger partial charge in [-0.25, -0.2) is 4.98 Å². The normalized spacial score (nSPS) is 13.2. The number of pyridine rings is 2. The van der Waals surface area contributed by atoms with E-state index in [0.717, 1.165) is 6.20 Å². The summed E-state index contributed by atoms with van der Waals surface area (Å²) >= 11 is 6.09. The minimum absolute atomic E-state index is 0.0226. The van der Waals surface area contributed by atoms with E-state index in [9.17, 15) is 18.4 Å². The van der Waals surface area contributed by atoms with Gasteiger partial charge in [0.15, 0.2) is 12.4 Å². The Morgan fingerprint density at radius 3 is 2.62 bits per heavy atom. The molecule has 0 fully saturated rings. The fourth-order valence-corrected chi connectivity index (χ4v) is 2.64. The van der Waals surface area contributed by atoms with Gasteiger partial charge in [-0.1, -0.05) is 23.7 Å². The average Bonchev–Trinajstić information content (AvgIpc) is 2.52. The van der Waals surface area contributed by atoms with E-state index in [0.29, 0.717) is 20.7 Å². The van der Waals surface area contributed by atoms with Crippen molar-refractivity contribution in [3.8, 4) is 11.3 Å². The number of halogens is 4. The number of para-hydroxylation sites is 1. The molecule has 0 saturated carbocycles. The fourth-order valence-electron chi connectivity index (χ4n) is 2.42. The van der Waals surface area contributed by atoms with Crippen molar-refractivity contribution in [2.24, 2.45) is 5.73 Å². The molecule has 2 N–H and O–H groups in total. The van der Waals surface area contributed by atoms with Crippen molar-refractivity contribution in [1.82, 2.24) is 4.98 Å². The second-order valence-electron chi connectivity index (χ2n) is 5.21. The van der Waals surface area contributed by atoms with Crippen LogP contribution in [0.2, 0.25) is 5.02 Å². The fraction of sp³-hybridized carbons (Fsp3) is 0.125. The molecule has 0 aliphatic heterocycles. The zero-order chi connectivity index (χ0) is 17.5. The summed E-state index contributed by atoms with van der Waals surface area (Å²) in [7, 11) is 0. The number of hydrogen-bond donors (Lipinski definition) is 1. The Bertz CT molecular complexity index is 915. The molecular formula is C16H11ClF3N3O. The van der Waals surface area contributed by atoms with E-state index < -0.39 is 12.2 Å². The second-order valence-corrected chi connectivity index (χ2v) is 5.62. The van der Waals surface area contributed by atoms with Crippen LogP contribution in [0.1, 0.15) is 11.6 Å². The predicted octanol–water partition coefficient (Wildman–Crippen LogP) is 3.75. The molecule has 3 aromatic rings. The van der Waals surface area contributed by atoms with Crippen molar-refractivity contribution in [2.45, 2.75) is 12.2 Å². The van der Waals surface area contributed by atoms with Crippen LogP contribution in [0.15, 0.2) is 48.8 Å². The monoisotopic (exact) mass is 353 g/mol. The van der Waals surface area contributed by atoms with Gasteiger partial charge in [-0.15, -0.1) is 0 Å². The number of aromatic nitrogens is 2. The summed E-state index contributed by atoms with van der Waals surface area (Å²) in [4.78, 5) is 4.26. The Balaban J connectivity index is 2.33. The molecule has 0 unspecified atom stereocenters. The summed E-state index contributed by atoms with van der Waals surface area (Å²) in [5.41, 5.74) is 5.72. The maximum Gasteiger partial charge on any atom is 0.407 e. The van der Waals surface area contributed by atoms with E-state index in [1.807, 2.05) is 0 Å². The molecule has 0 saturated heterocycles. The summed E-state index contributed by atoms with van der Waals surface area (Å²) < 4.78 is 39.9. The maximum atomic E-state index is 13.1. The lowest BCUT2D eigenvalue weighted by molar-refractivity contribution is -0.604. The third-order valence-electron chi connectivity index (χ3n) is 3.56. The quantitative estimate of drug-likeness (QED) is 0.563. The standard InChI is InChI=1S/C16H11ClF3N3O/c17-12-5-1-3-9-7-11(15(21)16(18,19)20)13(22-14(9)12)10-4-2-6-23(24)8-10/h1-8,15H,21H2/t15-/m1/s1. The number of fused-ring (bicyclic) bond motifs is 1. The van der Waals surface area contributed by atoms with Gasteiger partial charge in [0.2, 0.25) is 0 Å². The Hall–Kier alpha value is -2.38. The molecule has 0 spiro atoms. The lowest BCUT2D eigenvalue weighted by Gasteiger charge is -2.19. The van der Waals surface area contributed by atoms with Crippen molar-refractivity contribution >= 4 is 22.5 Å². The molecule has 24 heavy (non-hydrogen) atoms. The van der Waals surface area contributed by atoms with E-state index >= 15 is 0 Å². The van der Waals surface area contributed by atoms with Gasteiger partial charge in [0, 0.05) is 17.0 Å². The Morgan fingerprint density at radius 2 is 1.96 bits per heavy atom. The van der Waals surface area contributed by atoms with E-state index in [4.69, 9.17) is 17.3 Å². The van der Waals surface area contributed by atoms with Crippen molar-refractivity contribution in [1.29, 1.82) is 0 Å². The van der Waals surface area contributed by atoms with Crippen LogP contribution in [0.25, 0.3) is 22.2 Å². The van der Waals surface area contributed by atoms with Gasteiger partial charge >= 0.3 is 6.18 Å². The minimum Gasteiger partial charge on any atom is -0.619 e. The summed E-state index contributed by atoms with van der Waals surface area (Å²) in [6.45, 7) is 0. The highest BCUT2D eigenvalue weighted by Crippen LogP contribution is 2.37. The molecular weight excluding hydrogens is 343 g/mol. The predicted molar refractivity (Wildman–Crippen MR) is 84.1 cm³/mol. The van der Waals surface area contributed by atoms with Gasteiger partial charge in [-0.3, -0.25) is 0 Å². The van der Waals surface area contributed by atoms with Gasteiger partial charge in [0.25, 0.3) is 0 Å². The molecule has 124 valence electrons. The van der Waals surface area contributed by atoms with Crippen molar-refractivity contribution in [3.63, 3.8) is 0 Å². The first-order valence-corrected chi connectivity index (χ1v) is 7.26. The molecule has 1 aromatic carbocycles.